The Hall–Kier alpha value is -4.50. The highest BCUT2D eigenvalue weighted by Crippen LogP contribution is 2.54. The van der Waals surface area contributed by atoms with Crippen LogP contribution in [0.3, 0.4) is 0 Å². The molecule has 196 valence electrons. The first-order chi connectivity index (χ1) is 19.7. The number of anilines is 1. The molecule has 1 unspecified atom stereocenters. The van der Waals surface area contributed by atoms with Gasteiger partial charge in [-0.1, -0.05) is 109 Å². The van der Waals surface area contributed by atoms with Crippen LogP contribution in [0, 0.1) is 0 Å². The van der Waals surface area contributed by atoms with E-state index in [0.717, 1.165) is 46.6 Å². The van der Waals surface area contributed by atoms with Gasteiger partial charge in [0.25, 0.3) is 0 Å². The summed E-state index contributed by atoms with van der Waals surface area (Å²) in [6.07, 6.45) is 2.42. The van der Waals surface area contributed by atoms with Gasteiger partial charge in [-0.3, -0.25) is 9.59 Å². The number of hydrogen-bond acceptors (Lipinski definition) is 3. The number of Topliss-reactive ketones (excluding diaryl/α,β-unsaturated/α-hetero) is 2. The third kappa shape index (κ3) is 4.23. The van der Waals surface area contributed by atoms with Crippen molar-refractivity contribution in [2.24, 2.45) is 0 Å². The van der Waals surface area contributed by atoms with Gasteiger partial charge < -0.3 is 4.90 Å². The van der Waals surface area contributed by atoms with Crippen LogP contribution in [0.15, 0.2) is 144 Å². The molecule has 4 aromatic carbocycles. The predicted molar refractivity (Wildman–Crippen MR) is 159 cm³/mol. The average molecular weight is 522 g/mol. The van der Waals surface area contributed by atoms with Gasteiger partial charge in [0.2, 0.25) is 0 Å². The van der Waals surface area contributed by atoms with E-state index in [4.69, 9.17) is 0 Å². The van der Waals surface area contributed by atoms with E-state index in [1.807, 2.05) is 48.5 Å². The van der Waals surface area contributed by atoms with Crippen LogP contribution in [0.25, 0.3) is 0 Å². The molecule has 3 nitrogen and oxygen atoms in total. The SMILES string of the molecule is O=C1C[C@@H](c2ccccc2)CC2=C1C(c1ccccc1)C1=C(C[C@@H](c3ccccc3)CC1=O)N2c1ccccc1. The van der Waals surface area contributed by atoms with Gasteiger partial charge in [0.1, 0.15) is 0 Å². The molecule has 0 spiro atoms. The summed E-state index contributed by atoms with van der Waals surface area (Å²) in [5.41, 5.74) is 8.10. The van der Waals surface area contributed by atoms with E-state index in [-0.39, 0.29) is 29.3 Å². The fourth-order valence-corrected chi connectivity index (χ4v) is 7.00. The van der Waals surface area contributed by atoms with Crippen molar-refractivity contribution in [3.8, 4) is 0 Å². The van der Waals surface area contributed by atoms with Crippen LogP contribution >= 0.6 is 0 Å². The summed E-state index contributed by atoms with van der Waals surface area (Å²) in [5, 5.41) is 0. The van der Waals surface area contributed by atoms with Crippen molar-refractivity contribution < 1.29 is 9.59 Å². The molecule has 3 heteroatoms. The predicted octanol–water partition coefficient (Wildman–Crippen LogP) is 8.09. The van der Waals surface area contributed by atoms with Gasteiger partial charge in [0.05, 0.1) is 0 Å². The first-order valence-corrected chi connectivity index (χ1v) is 14.2. The maximum absolute atomic E-state index is 14.2. The fraction of sp³-hybridized carbons (Fsp3) is 0.189. The molecular formula is C37H31NO2. The summed E-state index contributed by atoms with van der Waals surface area (Å²) in [4.78, 5) is 30.7. The lowest BCUT2D eigenvalue weighted by molar-refractivity contribution is -0.117. The zero-order chi connectivity index (χ0) is 27.1. The highest BCUT2D eigenvalue weighted by molar-refractivity contribution is 6.08. The highest BCUT2D eigenvalue weighted by Gasteiger charge is 2.47. The van der Waals surface area contributed by atoms with E-state index in [1.165, 1.54) is 11.1 Å². The van der Waals surface area contributed by atoms with Gasteiger partial charge in [0.15, 0.2) is 11.6 Å². The molecule has 4 aromatic rings. The third-order valence-electron chi connectivity index (χ3n) is 8.77. The van der Waals surface area contributed by atoms with Crippen LogP contribution in [-0.2, 0) is 9.59 Å². The van der Waals surface area contributed by atoms with Gasteiger partial charge in [-0.05, 0) is 53.5 Å². The van der Waals surface area contributed by atoms with Crippen molar-refractivity contribution >= 4 is 17.3 Å². The third-order valence-corrected chi connectivity index (χ3v) is 8.77. The second-order valence-corrected chi connectivity index (χ2v) is 11.1. The number of ketones is 2. The van der Waals surface area contributed by atoms with Crippen molar-refractivity contribution in [3.63, 3.8) is 0 Å². The molecule has 0 bridgehead atoms. The topological polar surface area (TPSA) is 37.4 Å². The lowest BCUT2D eigenvalue weighted by Gasteiger charge is -2.46. The van der Waals surface area contributed by atoms with Crippen LogP contribution in [0.4, 0.5) is 5.69 Å². The van der Waals surface area contributed by atoms with Crippen LogP contribution in [0.5, 0.6) is 0 Å². The molecule has 0 aromatic heterocycles. The summed E-state index contributed by atoms with van der Waals surface area (Å²) < 4.78 is 0. The number of benzene rings is 4. The van der Waals surface area contributed by atoms with Crippen LogP contribution in [-0.4, -0.2) is 11.6 Å². The second-order valence-electron chi connectivity index (χ2n) is 11.1. The monoisotopic (exact) mass is 521 g/mol. The molecule has 3 aliphatic rings. The Morgan fingerprint density at radius 3 is 1.25 bits per heavy atom. The van der Waals surface area contributed by atoms with Crippen LogP contribution in [0.2, 0.25) is 0 Å². The second kappa shape index (κ2) is 10.2. The minimum Gasteiger partial charge on any atom is -0.317 e. The molecule has 0 radical (unpaired) electrons. The zero-order valence-electron chi connectivity index (χ0n) is 22.4. The van der Waals surface area contributed by atoms with Crippen molar-refractivity contribution in [2.75, 3.05) is 4.90 Å². The highest BCUT2D eigenvalue weighted by atomic mass is 16.1. The van der Waals surface area contributed by atoms with E-state index in [2.05, 4.69) is 77.7 Å². The molecule has 7 rings (SSSR count). The largest absolute Gasteiger partial charge is 0.317 e. The Balaban J connectivity index is 1.45. The number of hydrogen-bond donors (Lipinski definition) is 0. The number of allylic oxidation sites excluding steroid dienone is 4. The molecule has 1 aliphatic heterocycles. The lowest BCUT2D eigenvalue weighted by Crippen LogP contribution is -2.41. The minimum absolute atomic E-state index is 0.0986. The zero-order valence-corrected chi connectivity index (χ0v) is 22.4. The van der Waals surface area contributed by atoms with E-state index in [9.17, 15) is 9.59 Å². The molecular weight excluding hydrogens is 490 g/mol. The average Bonchev–Trinajstić information content (AvgIpc) is 3.01. The van der Waals surface area contributed by atoms with Crippen molar-refractivity contribution in [1.29, 1.82) is 0 Å². The first kappa shape index (κ1) is 24.5. The first-order valence-electron chi connectivity index (χ1n) is 14.2. The van der Waals surface area contributed by atoms with E-state index in [0.29, 0.717) is 12.8 Å². The molecule has 0 N–H and O–H groups in total. The number of carbonyl (C=O) groups excluding carboxylic acids is 2. The molecule has 3 atom stereocenters. The Bertz CT molecular complexity index is 1540. The molecule has 40 heavy (non-hydrogen) atoms. The summed E-state index contributed by atoms with van der Waals surface area (Å²) in [6, 6.07) is 41.3. The van der Waals surface area contributed by atoms with Gasteiger partial charge in [0, 0.05) is 47.0 Å². The van der Waals surface area contributed by atoms with Crippen LogP contribution < -0.4 is 4.90 Å². The summed E-state index contributed by atoms with van der Waals surface area (Å²) in [5.74, 6) is 0.159. The minimum atomic E-state index is -0.334. The lowest BCUT2D eigenvalue weighted by atomic mass is 9.67. The maximum Gasteiger partial charge on any atom is 0.162 e. The van der Waals surface area contributed by atoms with Gasteiger partial charge >= 0.3 is 0 Å². The molecule has 2 aliphatic carbocycles. The standard InChI is InChI=1S/C37H31NO2/c39-33-23-28(25-13-5-1-6-14-25)21-31-36(33)35(27-17-9-3-10-18-27)37-32(38(31)30-19-11-4-12-20-30)22-29(24-34(37)40)26-15-7-2-8-16-26/h1-20,28-29,35H,21-24H2/t28-,29+,35?. The molecule has 0 saturated heterocycles. The summed E-state index contributed by atoms with van der Waals surface area (Å²) in [6.45, 7) is 0. The Morgan fingerprint density at radius 2 is 0.825 bits per heavy atom. The molecule has 0 saturated carbocycles. The van der Waals surface area contributed by atoms with Crippen molar-refractivity contribution in [2.45, 2.75) is 43.4 Å². The van der Waals surface area contributed by atoms with E-state index < -0.39 is 0 Å². The van der Waals surface area contributed by atoms with Gasteiger partial charge in [-0.2, -0.15) is 0 Å². The van der Waals surface area contributed by atoms with Crippen molar-refractivity contribution in [1.82, 2.24) is 0 Å². The van der Waals surface area contributed by atoms with Gasteiger partial charge in [-0.25, -0.2) is 0 Å². The Labute approximate surface area is 235 Å². The van der Waals surface area contributed by atoms with Crippen molar-refractivity contribution in [3.05, 3.63) is 161 Å². The number of para-hydroxylation sites is 1. The Morgan fingerprint density at radius 1 is 0.450 bits per heavy atom. The Kier molecular flexibility index (Phi) is 6.28. The summed E-state index contributed by atoms with van der Waals surface area (Å²) >= 11 is 0. The van der Waals surface area contributed by atoms with Crippen LogP contribution in [0.1, 0.15) is 60.1 Å². The maximum atomic E-state index is 14.2. The van der Waals surface area contributed by atoms with Gasteiger partial charge in [-0.15, -0.1) is 0 Å². The number of nitrogens with zero attached hydrogens (tertiary/aromatic N) is 1. The van der Waals surface area contributed by atoms with E-state index in [1.54, 1.807) is 0 Å². The quantitative estimate of drug-likeness (QED) is 0.272. The smallest absolute Gasteiger partial charge is 0.162 e. The molecule has 0 amide bonds. The fourth-order valence-electron chi connectivity index (χ4n) is 7.00. The molecule has 0 fully saturated rings. The number of carbonyl (C=O) groups is 2. The normalized spacial score (nSPS) is 22.7. The molecule has 1 heterocycles. The summed E-state index contributed by atoms with van der Waals surface area (Å²) in [7, 11) is 0. The van der Waals surface area contributed by atoms with E-state index >= 15 is 0 Å². The number of rotatable bonds is 4.